The van der Waals surface area contributed by atoms with Crippen molar-refractivity contribution in [3.63, 3.8) is 0 Å². The summed E-state index contributed by atoms with van der Waals surface area (Å²) in [7, 11) is 0. The summed E-state index contributed by atoms with van der Waals surface area (Å²) in [5.41, 5.74) is 0. The molecule has 13 heavy (non-hydrogen) atoms. The summed E-state index contributed by atoms with van der Waals surface area (Å²) in [5.74, 6) is -0.170. The van der Waals surface area contributed by atoms with E-state index in [1.165, 1.54) is 4.90 Å². The summed E-state index contributed by atoms with van der Waals surface area (Å²) in [4.78, 5) is 24.1. The molecule has 4 heteroatoms. The Labute approximate surface area is 76.8 Å². The molecule has 0 bridgehead atoms. The summed E-state index contributed by atoms with van der Waals surface area (Å²) in [6.45, 7) is 3.12. The zero-order chi connectivity index (χ0) is 9.42. The van der Waals surface area contributed by atoms with Gasteiger partial charge in [0.1, 0.15) is 0 Å². The molecule has 0 aromatic carbocycles. The van der Waals surface area contributed by atoms with Crippen molar-refractivity contribution in [3.8, 4) is 0 Å². The Morgan fingerprint density at radius 1 is 1.54 bits per heavy atom. The van der Waals surface area contributed by atoms with Gasteiger partial charge >= 0.3 is 0 Å². The van der Waals surface area contributed by atoms with Crippen LogP contribution in [-0.2, 0) is 14.3 Å². The van der Waals surface area contributed by atoms with Crippen molar-refractivity contribution in [2.75, 3.05) is 13.2 Å². The van der Waals surface area contributed by atoms with Crippen molar-refractivity contribution in [2.45, 2.75) is 25.9 Å². The van der Waals surface area contributed by atoms with Gasteiger partial charge < -0.3 is 4.74 Å². The predicted octanol–water partition coefficient (Wildman–Crippen LogP) is 0.170. The van der Waals surface area contributed by atoms with Gasteiger partial charge in [0.2, 0.25) is 11.8 Å². The number of carbonyl (C=O) groups excluding carboxylic acids is 2. The van der Waals surface area contributed by atoms with Gasteiger partial charge in [0.25, 0.3) is 0 Å². The molecule has 0 N–H and O–H groups in total. The molecule has 2 aliphatic heterocycles. The van der Waals surface area contributed by atoms with E-state index in [4.69, 9.17) is 4.74 Å². The lowest BCUT2D eigenvalue weighted by Gasteiger charge is -2.12. The number of imide groups is 1. The van der Waals surface area contributed by atoms with E-state index in [-0.39, 0.29) is 23.8 Å². The van der Waals surface area contributed by atoms with Crippen LogP contribution >= 0.6 is 0 Å². The first-order valence-electron chi connectivity index (χ1n) is 4.64. The fourth-order valence-corrected chi connectivity index (χ4v) is 1.59. The molecule has 0 radical (unpaired) electrons. The topological polar surface area (TPSA) is 49.9 Å². The highest BCUT2D eigenvalue weighted by Gasteiger charge is 2.36. The van der Waals surface area contributed by atoms with Gasteiger partial charge in [-0.2, -0.15) is 0 Å². The summed E-state index contributed by atoms with van der Waals surface area (Å²) in [6, 6.07) is 0. The number of hydrogen-bond acceptors (Lipinski definition) is 3. The number of likely N-dealkylation sites (tertiary alicyclic amines) is 1. The van der Waals surface area contributed by atoms with Gasteiger partial charge in [-0.15, -0.1) is 0 Å². The quantitative estimate of drug-likeness (QED) is 0.463. The van der Waals surface area contributed by atoms with Crippen LogP contribution in [0.25, 0.3) is 0 Å². The minimum Gasteiger partial charge on any atom is -0.373 e. The van der Waals surface area contributed by atoms with E-state index < -0.39 is 0 Å². The van der Waals surface area contributed by atoms with Crippen molar-refractivity contribution in [1.29, 1.82) is 0 Å². The minimum atomic E-state index is -0.118. The third-order valence-corrected chi connectivity index (χ3v) is 2.55. The second-order valence-corrected chi connectivity index (χ2v) is 3.73. The van der Waals surface area contributed by atoms with E-state index in [1.54, 1.807) is 6.92 Å². The minimum absolute atomic E-state index is 0.0225. The summed E-state index contributed by atoms with van der Waals surface area (Å²) in [6.07, 6.45) is 1.46. The molecule has 2 saturated heterocycles. The molecule has 2 amide bonds. The average Bonchev–Trinajstić information content (AvgIpc) is 2.84. The highest BCUT2D eigenvalue weighted by atomic mass is 16.6. The van der Waals surface area contributed by atoms with Crippen LogP contribution in [0.15, 0.2) is 0 Å². The number of epoxide rings is 1. The van der Waals surface area contributed by atoms with Crippen LogP contribution < -0.4 is 0 Å². The van der Waals surface area contributed by atoms with Crippen LogP contribution in [0.4, 0.5) is 0 Å². The number of nitrogens with zero attached hydrogens (tertiary/aromatic N) is 1. The number of carbonyl (C=O) groups is 2. The average molecular weight is 183 g/mol. The lowest BCUT2D eigenvalue weighted by Crippen LogP contribution is -2.31. The van der Waals surface area contributed by atoms with Gasteiger partial charge in [-0.3, -0.25) is 14.5 Å². The molecule has 72 valence electrons. The predicted molar refractivity (Wildman–Crippen MR) is 44.9 cm³/mol. The van der Waals surface area contributed by atoms with Crippen LogP contribution in [0.3, 0.4) is 0 Å². The lowest BCUT2D eigenvalue weighted by atomic mass is 10.1. The molecule has 0 aromatic heterocycles. The van der Waals surface area contributed by atoms with Crippen LogP contribution in [0.5, 0.6) is 0 Å². The van der Waals surface area contributed by atoms with E-state index in [9.17, 15) is 9.59 Å². The second kappa shape index (κ2) is 3.10. The lowest BCUT2D eigenvalue weighted by molar-refractivity contribution is -0.139. The van der Waals surface area contributed by atoms with Gasteiger partial charge in [0, 0.05) is 18.9 Å². The largest absolute Gasteiger partial charge is 0.373 e. The van der Waals surface area contributed by atoms with Gasteiger partial charge in [0.15, 0.2) is 0 Å². The first-order chi connectivity index (χ1) is 6.18. The number of ether oxygens (including phenoxy) is 1. The van der Waals surface area contributed by atoms with Gasteiger partial charge in [-0.05, 0) is 6.42 Å². The van der Waals surface area contributed by atoms with E-state index >= 15 is 0 Å². The number of amides is 2. The van der Waals surface area contributed by atoms with Crippen LogP contribution in [0, 0.1) is 5.92 Å². The molecule has 0 spiro atoms. The summed E-state index contributed by atoms with van der Waals surface area (Å²) in [5, 5.41) is 0. The van der Waals surface area contributed by atoms with E-state index in [1.807, 2.05) is 0 Å². The molecule has 2 heterocycles. The molecule has 2 unspecified atom stereocenters. The Bertz CT molecular complexity index is 247. The Morgan fingerprint density at radius 3 is 2.69 bits per heavy atom. The Hall–Kier alpha value is -0.900. The summed E-state index contributed by atoms with van der Waals surface area (Å²) >= 11 is 0. The Kier molecular flexibility index (Phi) is 2.07. The van der Waals surface area contributed by atoms with Crippen LogP contribution in [-0.4, -0.2) is 36.0 Å². The molecule has 0 aliphatic carbocycles. The van der Waals surface area contributed by atoms with E-state index in [2.05, 4.69) is 0 Å². The van der Waals surface area contributed by atoms with E-state index in [0.717, 1.165) is 13.0 Å². The molecule has 2 aliphatic rings. The van der Waals surface area contributed by atoms with Crippen molar-refractivity contribution >= 4 is 11.8 Å². The van der Waals surface area contributed by atoms with Crippen molar-refractivity contribution < 1.29 is 14.3 Å². The fraction of sp³-hybridized carbons (Fsp3) is 0.778. The Balaban J connectivity index is 1.88. The third-order valence-electron chi connectivity index (χ3n) is 2.55. The normalized spacial score (nSPS) is 32.8. The highest BCUT2D eigenvalue weighted by Crippen LogP contribution is 2.21. The molecular formula is C9H13NO3. The molecule has 4 nitrogen and oxygen atoms in total. The number of hydrogen-bond donors (Lipinski definition) is 0. The monoisotopic (exact) mass is 183 g/mol. The van der Waals surface area contributed by atoms with Crippen LogP contribution in [0.2, 0.25) is 0 Å². The standard InChI is InChI=1S/C9H13NO3/c1-6-4-8(11)10(9(6)12)3-2-7-5-13-7/h6-7H,2-5H2,1H3. The molecule has 0 saturated carbocycles. The zero-order valence-electron chi connectivity index (χ0n) is 7.66. The van der Waals surface area contributed by atoms with Crippen LogP contribution in [0.1, 0.15) is 19.8 Å². The SMILES string of the molecule is CC1CC(=O)N(CCC2CO2)C1=O. The smallest absolute Gasteiger partial charge is 0.232 e. The van der Waals surface area contributed by atoms with Crippen molar-refractivity contribution in [2.24, 2.45) is 5.92 Å². The zero-order valence-corrected chi connectivity index (χ0v) is 7.66. The van der Waals surface area contributed by atoms with Gasteiger partial charge in [0.05, 0.1) is 12.7 Å². The Morgan fingerprint density at radius 2 is 2.23 bits per heavy atom. The maximum Gasteiger partial charge on any atom is 0.232 e. The van der Waals surface area contributed by atoms with E-state index in [0.29, 0.717) is 13.0 Å². The van der Waals surface area contributed by atoms with Gasteiger partial charge in [-0.1, -0.05) is 6.92 Å². The second-order valence-electron chi connectivity index (χ2n) is 3.73. The van der Waals surface area contributed by atoms with Crippen molar-refractivity contribution in [1.82, 2.24) is 4.90 Å². The maximum absolute atomic E-state index is 11.4. The van der Waals surface area contributed by atoms with Crippen molar-refractivity contribution in [3.05, 3.63) is 0 Å². The number of rotatable bonds is 3. The van der Waals surface area contributed by atoms with Gasteiger partial charge in [-0.25, -0.2) is 0 Å². The molecule has 2 rings (SSSR count). The molecule has 2 fully saturated rings. The molecular weight excluding hydrogens is 170 g/mol. The first kappa shape index (κ1) is 8.69. The fourth-order valence-electron chi connectivity index (χ4n) is 1.59. The third kappa shape index (κ3) is 1.72. The first-order valence-corrected chi connectivity index (χ1v) is 4.64. The highest BCUT2D eigenvalue weighted by molar-refractivity contribution is 6.03. The summed E-state index contributed by atoms with van der Waals surface area (Å²) < 4.78 is 5.02. The molecule has 0 aromatic rings. The molecule has 2 atom stereocenters. The maximum atomic E-state index is 11.4.